The van der Waals surface area contributed by atoms with Crippen molar-refractivity contribution in [2.75, 3.05) is 26.7 Å². The van der Waals surface area contributed by atoms with Crippen LogP contribution in [0.2, 0.25) is 0 Å². The number of hydrogen-bond donors (Lipinski definition) is 3. The van der Waals surface area contributed by atoms with Gasteiger partial charge in [-0.05, 0) is 55.2 Å². The minimum atomic E-state index is -0.444. The van der Waals surface area contributed by atoms with E-state index in [4.69, 9.17) is 5.73 Å². The highest BCUT2D eigenvalue weighted by molar-refractivity contribution is 5.95. The van der Waals surface area contributed by atoms with E-state index >= 15 is 0 Å². The molecule has 2 aromatic carbocycles. The average Bonchev–Trinajstić information content (AvgIpc) is 2.87. The lowest BCUT2D eigenvalue weighted by atomic mass is 9.97. The normalized spacial score (nSPS) is 12.7. The van der Waals surface area contributed by atoms with Crippen LogP contribution >= 0.6 is 0 Å². The number of likely N-dealkylation sites (N-methyl/N-ethyl adjacent to an activating group) is 1. The van der Waals surface area contributed by atoms with Crippen LogP contribution in [0.15, 0.2) is 85.0 Å². The topological polar surface area (TPSA) is 87.5 Å². The van der Waals surface area contributed by atoms with Gasteiger partial charge in [-0.2, -0.15) is 0 Å². The summed E-state index contributed by atoms with van der Waals surface area (Å²) in [4.78, 5) is 25.7. The summed E-state index contributed by atoms with van der Waals surface area (Å²) in [6.45, 7) is 12.3. The SMILES string of the molecule is C=C(NCC1=CC=C(CN(C)C(=C)c2cccc(C(N)=O)c2)CC1)c1cccc(C(=O)NCC)c1. The first-order valence-electron chi connectivity index (χ1n) is 11.8. The van der Waals surface area contributed by atoms with Gasteiger partial charge in [-0.15, -0.1) is 0 Å². The number of nitrogens with one attached hydrogen (secondary N) is 2. The Morgan fingerprint density at radius 2 is 1.51 bits per heavy atom. The molecule has 0 heterocycles. The predicted molar refractivity (Wildman–Crippen MR) is 144 cm³/mol. The number of carbonyl (C=O) groups is 2. The zero-order valence-corrected chi connectivity index (χ0v) is 20.6. The summed E-state index contributed by atoms with van der Waals surface area (Å²) in [6.07, 6.45) is 6.26. The summed E-state index contributed by atoms with van der Waals surface area (Å²) in [6, 6.07) is 14.7. The second-order valence-corrected chi connectivity index (χ2v) is 8.67. The number of primary amides is 1. The molecular weight excluding hydrogens is 436 g/mol. The van der Waals surface area contributed by atoms with Crippen molar-refractivity contribution in [3.8, 4) is 0 Å². The van der Waals surface area contributed by atoms with Gasteiger partial charge in [-0.3, -0.25) is 9.59 Å². The Labute approximate surface area is 207 Å². The van der Waals surface area contributed by atoms with Crippen molar-refractivity contribution in [1.29, 1.82) is 0 Å². The number of carbonyl (C=O) groups excluding carboxylic acids is 2. The molecule has 2 amide bonds. The largest absolute Gasteiger partial charge is 0.381 e. The second kappa shape index (κ2) is 11.9. The van der Waals surface area contributed by atoms with Gasteiger partial charge in [0, 0.05) is 49.2 Å². The molecule has 0 bridgehead atoms. The molecule has 3 rings (SSSR count). The van der Waals surface area contributed by atoms with Crippen LogP contribution in [-0.4, -0.2) is 43.4 Å². The van der Waals surface area contributed by atoms with E-state index in [0.717, 1.165) is 41.9 Å². The van der Waals surface area contributed by atoms with Crippen molar-refractivity contribution < 1.29 is 9.59 Å². The molecule has 0 saturated heterocycles. The van der Waals surface area contributed by atoms with E-state index in [9.17, 15) is 9.59 Å². The Hall–Kier alpha value is -4.06. The summed E-state index contributed by atoms with van der Waals surface area (Å²) in [7, 11) is 2.00. The van der Waals surface area contributed by atoms with Crippen molar-refractivity contribution in [3.05, 3.63) is 107 Å². The van der Waals surface area contributed by atoms with Crippen LogP contribution in [0.1, 0.15) is 51.6 Å². The highest BCUT2D eigenvalue weighted by atomic mass is 16.2. The number of nitrogens with two attached hydrogens (primary N) is 1. The van der Waals surface area contributed by atoms with Crippen LogP contribution in [0.5, 0.6) is 0 Å². The van der Waals surface area contributed by atoms with E-state index in [1.165, 1.54) is 11.1 Å². The van der Waals surface area contributed by atoms with Crippen molar-refractivity contribution in [2.24, 2.45) is 5.73 Å². The van der Waals surface area contributed by atoms with Crippen molar-refractivity contribution in [3.63, 3.8) is 0 Å². The van der Waals surface area contributed by atoms with Gasteiger partial charge in [0.15, 0.2) is 0 Å². The maximum atomic E-state index is 12.1. The molecule has 0 fully saturated rings. The fourth-order valence-electron chi connectivity index (χ4n) is 3.91. The monoisotopic (exact) mass is 470 g/mol. The van der Waals surface area contributed by atoms with E-state index in [1.807, 2.05) is 44.3 Å². The molecule has 6 nitrogen and oxygen atoms in total. The number of benzene rings is 2. The molecule has 6 heteroatoms. The standard InChI is InChI=1S/C29H34N4O2/c1-5-31-29(35)27-11-6-8-24(16-27)20(2)32-18-22-12-14-23(15-13-22)19-33(4)21(3)25-9-7-10-26(17-25)28(30)34/h6-12,14,16-17,32H,2-3,5,13,15,18-19H2,1,4H3,(H2,30,34)(H,31,35). The van der Waals surface area contributed by atoms with E-state index in [0.29, 0.717) is 24.2 Å². The fraction of sp³-hybridized carbons (Fsp3) is 0.241. The molecule has 0 aromatic heterocycles. The third kappa shape index (κ3) is 6.96. The van der Waals surface area contributed by atoms with E-state index in [-0.39, 0.29) is 5.91 Å². The van der Waals surface area contributed by atoms with Gasteiger partial charge >= 0.3 is 0 Å². The van der Waals surface area contributed by atoms with Crippen LogP contribution in [-0.2, 0) is 0 Å². The molecule has 0 atom stereocenters. The molecule has 0 aliphatic heterocycles. The van der Waals surface area contributed by atoms with Gasteiger partial charge < -0.3 is 21.3 Å². The predicted octanol–water partition coefficient (Wildman–Crippen LogP) is 4.34. The highest BCUT2D eigenvalue weighted by Gasteiger charge is 2.13. The molecule has 4 N–H and O–H groups in total. The molecule has 1 aliphatic rings. The number of allylic oxidation sites excluding steroid dienone is 2. The average molecular weight is 471 g/mol. The molecule has 1 aliphatic carbocycles. The Kier molecular flexibility index (Phi) is 8.68. The van der Waals surface area contributed by atoms with E-state index in [2.05, 4.69) is 40.8 Å². The molecule has 0 saturated carbocycles. The third-order valence-electron chi connectivity index (χ3n) is 6.04. The van der Waals surface area contributed by atoms with Crippen LogP contribution in [0.25, 0.3) is 11.4 Å². The molecule has 35 heavy (non-hydrogen) atoms. The van der Waals surface area contributed by atoms with Gasteiger partial charge in [0.25, 0.3) is 5.91 Å². The number of hydrogen-bond acceptors (Lipinski definition) is 4. The Morgan fingerprint density at radius 1 is 0.914 bits per heavy atom. The number of rotatable bonds is 11. The first kappa shape index (κ1) is 25.6. The van der Waals surface area contributed by atoms with Crippen LogP contribution in [0.3, 0.4) is 0 Å². The minimum absolute atomic E-state index is 0.0805. The second-order valence-electron chi connectivity index (χ2n) is 8.67. The van der Waals surface area contributed by atoms with Crippen LogP contribution < -0.4 is 16.4 Å². The van der Waals surface area contributed by atoms with Gasteiger partial charge in [0.2, 0.25) is 5.91 Å². The summed E-state index contributed by atoms with van der Waals surface area (Å²) in [5.74, 6) is -0.524. The Balaban J connectivity index is 1.55. The maximum Gasteiger partial charge on any atom is 0.251 e. The molecule has 0 radical (unpaired) electrons. The van der Waals surface area contributed by atoms with Gasteiger partial charge in [0.1, 0.15) is 0 Å². The minimum Gasteiger partial charge on any atom is -0.381 e. The zero-order chi connectivity index (χ0) is 25.4. The van der Waals surface area contributed by atoms with Crippen LogP contribution in [0.4, 0.5) is 0 Å². The molecule has 182 valence electrons. The first-order chi connectivity index (χ1) is 16.8. The fourth-order valence-corrected chi connectivity index (χ4v) is 3.91. The first-order valence-corrected chi connectivity index (χ1v) is 11.8. The quantitative estimate of drug-likeness (QED) is 0.456. The Bertz CT molecular complexity index is 1190. The van der Waals surface area contributed by atoms with Gasteiger partial charge in [-0.1, -0.05) is 60.7 Å². The van der Waals surface area contributed by atoms with Crippen molar-refractivity contribution in [2.45, 2.75) is 19.8 Å². The van der Waals surface area contributed by atoms with E-state index in [1.54, 1.807) is 18.2 Å². The molecular formula is C29H34N4O2. The summed E-state index contributed by atoms with van der Waals surface area (Å²) < 4.78 is 0. The summed E-state index contributed by atoms with van der Waals surface area (Å²) in [5.41, 5.74) is 12.5. The molecule has 0 unspecified atom stereocenters. The summed E-state index contributed by atoms with van der Waals surface area (Å²) >= 11 is 0. The smallest absolute Gasteiger partial charge is 0.251 e. The third-order valence-corrected chi connectivity index (χ3v) is 6.04. The highest BCUT2D eigenvalue weighted by Crippen LogP contribution is 2.23. The molecule has 0 spiro atoms. The molecule has 2 aromatic rings. The van der Waals surface area contributed by atoms with Crippen molar-refractivity contribution >= 4 is 23.2 Å². The number of amides is 2. The zero-order valence-electron chi connectivity index (χ0n) is 20.6. The van der Waals surface area contributed by atoms with E-state index < -0.39 is 5.91 Å². The lowest BCUT2D eigenvalue weighted by molar-refractivity contribution is 0.0954. The van der Waals surface area contributed by atoms with Gasteiger partial charge in [0.05, 0.1) is 0 Å². The lowest BCUT2D eigenvalue weighted by Crippen LogP contribution is -2.23. The van der Waals surface area contributed by atoms with Gasteiger partial charge in [-0.25, -0.2) is 0 Å². The Morgan fingerprint density at radius 3 is 2.17 bits per heavy atom. The lowest BCUT2D eigenvalue weighted by Gasteiger charge is -2.25. The van der Waals surface area contributed by atoms with Crippen LogP contribution in [0, 0.1) is 0 Å². The maximum absolute atomic E-state index is 12.1. The van der Waals surface area contributed by atoms with Crippen molar-refractivity contribution in [1.82, 2.24) is 15.5 Å². The number of nitrogens with zero attached hydrogens (tertiary/aromatic N) is 1. The summed E-state index contributed by atoms with van der Waals surface area (Å²) in [5, 5.41) is 6.21.